The maximum absolute atomic E-state index is 13.3. The van der Waals surface area contributed by atoms with E-state index in [0.717, 1.165) is 0 Å². The Labute approximate surface area is 109 Å². The van der Waals surface area contributed by atoms with Crippen molar-refractivity contribution in [1.82, 2.24) is 4.90 Å². The van der Waals surface area contributed by atoms with Gasteiger partial charge in [0.25, 0.3) is 5.91 Å². The average Bonchev–Trinajstić information content (AvgIpc) is 2.30. The lowest BCUT2D eigenvalue weighted by Crippen LogP contribution is -2.53. The van der Waals surface area contributed by atoms with E-state index in [1.54, 1.807) is 6.92 Å². The van der Waals surface area contributed by atoms with Crippen molar-refractivity contribution in [1.29, 1.82) is 0 Å². The molecule has 3 N–H and O–H groups in total. The van der Waals surface area contributed by atoms with Gasteiger partial charge in [0.05, 0.1) is 17.2 Å². The van der Waals surface area contributed by atoms with Crippen LogP contribution in [0, 0.1) is 17.7 Å². The van der Waals surface area contributed by atoms with Gasteiger partial charge in [0, 0.05) is 19.0 Å². The molecule has 0 spiro atoms. The summed E-state index contributed by atoms with van der Waals surface area (Å²) in [6.07, 6.45) is 0. The number of carboxylic acids is 1. The average molecular weight is 266 g/mol. The zero-order valence-electron chi connectivity index (χ0n) is 10.5. The quantitative estimate of drug-likeness (QED) is 0.805. The monoisotopic (exact) mass is 266 g/mol. The van der Waals surface area contributed by atoms with Crippen LogP contribution in [0.2, 0.25) is 0 Å². The number of halogens is 1. The lowest BCUT2D eigenvalue weighted by molar-refractivity contribution is -0.144. The molecule has 0 bridgehead atoms. The standard InChI is InChI=1S/C13H15FN2O3/c1-7(13(18)19)8-5-16(6-8)12(17)9-3-2-4-10(14)11(9)15/h2-4,7-8H,5-6,15H2,1H3,(H,18,19). The number of rotatable bonds is 3. The second-order valence-electron chi connectivity index (χ2n) is 4.80. The van der Waals surface area contributed by atoms with Gasteiger partial charge in [0.2, 0.25) is 0 Å². The van der Waals surface area contributed by atoms with E-state index in [1.165, 1.54) is 23.1 Å². The van der Waals surface area contributed by atoms with Gasteiger partial charge in [-0.3, -0.25) is 9.59 Å². The predicted molar refractivity (Wildman–Crippen MR) is 67.0 cm³/mol. The number of nitrogens with zero attached hydrogens (tertiary/aromatic N) is 1. The summed E-state index contributed by atoms with van der Waals surface area (Å²) in [5.41, 5.74) is 5.49. The van der Waals surface area contributed by atoms with Crippen LogP contribution in [0.4, 0.5) is 10.1 Å². The number of nitrogens with two attached hydrogens (primary N) is 1. The first-order valence-corrected chi connectivity index (χ1v) is 5.98. The molecule has 0 aliphatic carbocycles. The second kappa shape index (κ2) is 4.87. The van der Waals surface area contributed by atoms with Gasteiger partial charge in [-0.05, 0) is 12.1 Å². The van der Waals surface area contributed by atoms with E-state index in [4.69, 9.17) is 10.8 Å². The van der Waals surface area contributed by atoms with E-state index < -0.39 is 17.7 Å². The molecule has 19 heavy (non-hydrogen) atoms. The summed E-state index contributed by atoms with van der Waals surface area (Å²) in [5, 5.41) is 8.87. The first-order chi connectivity index (χ1) is 8.91. The molecule has 1 atom stereocenters. The number of anilines is 1. The summed E-state index contributed by atoms with van der Waals surface area (Å²) in [4.78, 5) is 24.4. The van der Waals surface area contributed by atoms with Crippen LogP contribution in [0.25, 0.3) is 0 Å². The van der Waals surface area contributed by atoms with Crippen molar-refractivity contribution in [2.24, 2.45) is 11.8 Å². The van der Waals surface area contributed by atoms with Gasteiger partial charge in [-0.25, -0.2) is 4.39 Å². The number of benzene rings is 1. The van der Waals surface area contributed by atoms with Crippen molar-refractivity contribution in [3.8, 4) is 0 Å². The maximum atomic E-state index is 13.3. The number of carboxylic acid groups (broad SMARTS) is 1. The summed E-state index contributed by atoms with van der Waals surface area (Å²) >= 11 is 0. The molecule has 1 saturated heterocycles. The lowest BCUT2D eigenvalue weighted by Gasteiger charge is -2.41. The van der Waals surface area contributed by atoms with Crippen molar-refractivity contribution in [3.63, 3.8) is 0 Å². The second-order valence-corrected chi connectivity index (χ2v) is 4.80. The fraction of sp³-hybridized carbons (Fsp3) is 0.385. The zero-order valence-corrected chi connectivity index (χ0v) is 10.5. The summed E-state index contributed by atoms with van der Waals surface area (Å²) in [6.45, 7) is 2.34. The number of hydrogen-bond acceptors (Lipinski definition) is 3. The number of carbonyl (C=O) groups is 2. The Bertz CT molecular complexity index is 527. The third-order valence-electron chi connectivity index (χ3n) is 3.58. The highest BCUT2D eigenvalue weighted by atomic mass is 19.1. The summed E-state index contributed by atoms with van der Waals surface area (Å²) in [6, 6.07) is 4.09. The molecule has 1 fully saturated rings. The molecular formula is C13H15FN2O3. The van der Waals surface area contributed by atoms with E-state index in [0.29, 0.717) is 13.1 Å². The molecule has 1 aromatic rings. The minimum absolute atomic E-state index is 0.0590. The Balaban J connectivity index is 2.04. The molecule has 1 heterocycles. The minimum Gasteiger partial charge on any atom is -0.481 e. The third-order valence-corrected chi connectivity index (χ3v) is 3.58. The highest BCUT2D eigenvalue weighted by Crippen LogP contribution is 2.27. The molecule has 1 aromatic carbocycles. The fourth-order valence-electron chi connectivity index (χ4n) is 2.09. The van der Waals surface area contributed by atoms with Crippen molar-refractivity contribution in [3.05, 3.63) is 29.6 Å². The Morgan fingerprint density at radius 3 is 2.68 bits per heavy atom. The smallest absolute Gasteiger partial charge is 0.306 e. The number of aliphatic carboxylic acids is 1. The van der Waals surface area contributed by atoms with Crippen LogP contribution in [0.5, 0.6) is 0 Å². The highest BCUT2D eigenvalue weighted by Gasteiger charge is 2.37. The first-order valence-electron chi connectivity index (χ1n) is 5.98. The predicted octanol–water partition coefficient (Wildman–Crippen LogP) is 1.20. The van der Waals surface area contributed by atoms with Gasteiger partial charge in [0.1, 0.15) is 5.82 Å². The fourth-order valence-corrected chi connectivity index (χ4v) is 2.09. The Morgan fingerprint density at radius 1 is 1.47 bits per heavy atom. The third kappa shape index (κ3) is 2.38. The van der Waals surface area contributed by atoms with Gasteiger partial charge in [-0.15, -0.1) is 0 Å². The molecule has 0 saturated carbocycles. The van der Waals surface area contributed by atoms with Gasteiger partial charge in [-0.1, -0.05) is 13.0 Å². The molecule has 5 nitrogen and oxygen atoms in total. The van der Waals surface area contributed by atoms with Gasteiger partial charge < -0.3 is 15.7 Å². The number of amides is 1. The van der Waals surface area contributed by atoms with Crippen LogP contribution in [0.3, 0.4) is 0 Å². The van der Waals surface area contributed by atoms with Crippen LogP contribution < -0.4 is 5.73 Å². The van der Waals surface area contributed by atoms with Gasteiger partial charge in [0.15, 0.2) is 0 Å². The Hall–Kier alpha value is -2.11. The number of carbonyl (C=O) groups excluding carboxylic acids is 1. The molecule has 1 unspecified atom stereocenters. The molecule has 0 radical (unpaired) electrons. The van der Waals surface area contributed by atoms with Crippen molar-refractivity contribution in [2.45, 2.75) is 6.92 Å². The van der Waals surface area contributed by atoms with E-state index in [1.807, 2.05) is 0 Å². The summed E-state index contributed by atoms with van der Waals surface area (Å²) in [7, 11) is 0. The van der Waals surface area contributed by atoms with E-state index >= 15 is 0 Å². The molecule has 1 aliphatic heterocycles. The largest absolute Gasteiger partial charge is 0.481 e. The van der Waals surface area contributed by atoms with Crippen LogP contribution >= 0.6 is 0 Å². The van der Waals surface area contributed by atoms with E-state index in [2.05, 4.69) is 0 Å². The maximum Gasteiger partial charge on any atom is 0.306 e. The van der Waals surface area contributed by atoms with E-state index in [9.17, 15) is 14.0 Å². The number of para-hydroxylation sites is 1. The van der Waals surface area contributed by atoms with Crippen LogP contribution in [-0.4, -0.2) is 35.0 Å². The summed E-state index contributed by atoms with van der Waals surface area (Å²) in [5.74, 6) is -2.40. The molecule has 0 aromatic heterocycles. The molecule has 6 heteroatoms. The van der Waals surface area contributed by atoms with Crippen LogP contribution in [0.1, 0.15) is 17.3 Å². The minimum atomic E-state index is -0.873. The topological polar surface area (TPSA) is 83.6 Å². The number of likely N-dealkylation sites (tertiary alicyclic amines) is 1. The molecule has 1 amide bonds. The molecular weight excluding hydrogens is 251 g/mol. The molecule has 102 valence electrons. The first kappa shape index (κ1) is 13.3. The summed E-state index contributed by atoms with van der Waals surface area (Å²) < 4.78 is 13.3. The van der Waals surface area contributed by atoms with Gasteiger partial charge in [-0.2, -0.15) is 0 Å². The zero-order chi connectivity index (χ0) is 14.2. The lowest BCUT2D eigenvalue weighted by atomic mass is 9.86. The molecule has 2 rings (SSSR count). The van der Waals surface area contributed by atoms with E-state index in [-0.39, 0.29) is 23.1 Å². The normalized spacial score (nSPS) is 16.8. The number of hydrogen-bond donors (Lipinski definition) is 2. The van der Waals surface area contributed by atoms with Crippen molar-refractivity contribution in [2.75, 3.05) is 18.8 Å². The SMILES string of the molecule is CC(C(=O)O)C1CN(C(=O)c2cccc(F)c2N)C1. The Kier molecular flexibility index (Phi) is 3.42. The van der Waals surface area contributed by atoms with Crippen molar-refractivity contribution >= 4 is 17.6 Å². The van der Waals surface area contributed by atoms with Gasteiger partial charge >= 0.3 is 5.97 Å². The highest BCUT2D eigenvalue weighted by molar-refractivity contribution is 5.99. The number of nitrogen functional groups attached to an aromatic ring is 1. The van der Waals surface area contributed by atoms with Crippen molar-refractivity contribution < 1.29 is 19.1 Å². The van der Waals surface area contributed by atoms with Crippen LogP contribution in [-0.2, 0) is 4.79 Å². The van der Waals surface area contributed by atoms with Crippen LogP contribution in [0.15, 0.2) is 18.2 Å². The molecule has 1 aliphatic rings. The Morgan fingerprint density at radius 2 is 2.11 bits per heavy atom.